The Kier molecular flexibility index (Phi) is 6.98. The summed E-state index contributed by atoms with van der Waals surface area (Å²) >= 11 is 0. The van der Waals surface area contributed by atoms with Crippen molar-refractivity contribution >= 4 is 0 Å². The number of rotatable bonds is 4. The van der Waals surface area contributed by atoms with Gasteiger partial charge in [-0.05, 0) is 55.4 Å². The molecule has 0 spiro atoms. The number of hydrogen-bond acceptors (Lipinski definition) is 8. The molecule has 13 atom stereocenters. The molecule has 0 radical (unpaired) electrons. The van der Waals surface area contributed by atoms with Crippen LogP contribution >= 0.6 is 0 Å². The molecular weight excluding hydrogens is 440 g/mol. The predicted octanol–water partition coefficient (Wildman–Crippen LogP) is 0.878. The lowest BCUT2D eigenvalue weighted by Crippen LogP contribution is -2.60. The first-order chi connectivity index (χ1) is 16.5. The standard InChI is InChI=1S/C26H42O8/c1-11(2)15-8-18(28)26(5)9-16-12(3)6-7-14(16)13(4)20(29)24(19(15)26)34-25-23(32)22(31)21(30)17(10-27)33-25/h9,11-14,17-18,20-25,27-32H,6-8,10H2,1-5H3/t12-,13+,14-,17+,18-,20+,21+,22-,23+,24+,25+,26-/m0/s1/i1D/t11-,12-,13+,14-,17+,18-,20+,21+,22-,23+,24+,25+,26-. The fourth-order valence-electron chi connectivity index (χ4n) is 6.63. The minimum atomic E-state index is -1.60. The molecule has 0 aromatic carbocycles. The average Bonchev–Trinajstić information content (AvgIpc) is 3.31. The van der Waals surface area contributed by atoms with Crippen molar-refractivity contribution < 1.29 is 41.5 Å². The molecule has 1 aliphatic heterocycles. The molecule has 6 N–H and O–H groups in total. The Morgan fingerprint density at radius 1 is 1.12 bits per heavy atom. The maximum absolute atomic E-state index is 11.7. The SMILES string of the molecule is [2H]C[C@@H](C)C1=C2[C@@H](O[C@H]3O[C@H](CO)[C@@H](O)[C@H](O)[C@H]3O)[C@H](O)[C@H](C)[C@@H]3CC[C@H](C)C3=C[C@@]2(C)[C@@H](O)C1. The topological polar surface area (TPSA) is 140 Å². The van der Waals surface area contributed by atoms with Crippen LogP contribution in [0.2, 0.25) is 0 Å². The van der Waals surface area contributed by atoms with Gasteiger partial charge in [0, 0.05) is 6.79 Å². The zero-order chi connectivity index (χ0) is 25.8. The van der Waals surface area contributed by atoms with Crippen molar-refractivity contribution in [2.75, 3.05) is 6.61 Å². The predicted molar refractivity (Wildman–Crippen MR) is 124 cm³/mol. The van der Waals surface area contributed by atoms with Crippen molar-refractivity contribution in [3.05, 3.63) is 22.8 Å². The molecule has 8 nitrogen and oxygen atoms in total. The minimum Gasteiger partial charge on any atom is -0.394 e. The van der Waals surface area contributed by atoms with E-state index >= 15 is 0 Å². The highest BCUT2D eigenvalue weighted by molar-refractivity contribution is 5.43. The van der Waals surface area contributed by atoms with E-state index in [4.69, 9.17) is 10.8 Å². The third-order valence-electron chi connectivity index (χ3n) is 8.90. The van der Waals surface area contributed by atoms with E-state index in [2.05, 4.69) is 13.0 Å². The highest BCUT2D eigenvalue weighted by Crippen LogP contribution is 2.55. The van der Waals surface area contributed by atoms with E-state index in [1.54, 1.807) is 0 Å². The van der Waals surface area contributed by atoms with Gasteiger partial charge in [0.2, 0.25) is 0 Å². The van der Waals surface area contributed by atoms with Crippen LogP contribution in [0.15, 0.2) is 22.8 Å². The Morgan fingerprint density at radius 3 is 2.47 bits per heavy atom. The third-order valence-corrected chi connectivity index (χ3v) is 8.90. The van der Waals surface area contributed by atoms with Crippen LogP contribution in [0, 0.1) is 29.1 Å². The summed E-state index contributed by atoms with van der Waals surface area (Å²) in [5.41, 5.74) is 1.95. The van der Waals surface area contributed by atoms with Gasteiger partial charge in [-0.1, -0.05) is 44.9 Å². The van der Waals surface area contributed by atoms with Crippen molar-refractivity contribution in [2.24, 2.45) is 29.1 Å². The highest BCUT2D eigenvalue weighted by atomic mass is 16.7. The van der Waals surface area contributed by atoms with E-state index in [1.807, 2.05) is 20.8 Å². The number of hydrogen-bond donors (Lipinski definition) is 6. The van der Waals surface area contributed by atoms with E-state index in [0.29, 0.717) is 17.9 Å². The Bertz CT molecular complexity index is 845. The third kappa shape index (κ3) is 4.10. The molecule has 4 aliphatic rings. The molecule has 3 aliphatic carbocycles. The van der Waals surface area contributed by atoms with Gasteiger partial charge < -0.3 is 40.1 Å². The fraction of sp³-hybridized carbons (Fsp3) is 0.846. The van der Waals surface area contributed by atoms with Gasteiger partial charge in [0.05, 0.1) is 18.8 Å². The average molecular weight is 484 g/mol. The molecule has 194 valence electrons. The van der Waals surface area contributed by atoms with E-state index in [-0.39, 0.29) is 24.7 Å². The van der Waals surface area contributed by atoms with E-state index in [1.165, 1.54) is 5.57 Å². The zero-order valence-corrected chi connectivity index (χ0v) is 20.5. The van der Waals surface area contributed by atoms with Crippen molar-refractivity contribution in [1.82, 2.24) is 0 Å². The van der Waals surface area contributed by atoms with Gasteiger partial charge in [-0.15, -0.1) is 0 Å². The monoisotopic (exact) mass is 483 g/mol. The van der Waals surface area contributed by atoms with E-state index in [9.17, 15) is 30.6 Å². The summed E-state index contributed by atoms with van der Waals surface area (Å²) in [7, 11) is 0. The zero-order valence-electron chi connectivity index (χ0n) is 21.5. The maximum Gasteiger partial charge on any atom is 0.187 e. The normalized spacial score (nSPS) is 50.7. The van der Waals surface area contributed by atoms with Gasteiger partial charge in [0.15, 0.2) is 6.29 Å². The van der Waals surface area contributed by atoms with Crippen LogP contribution in [0.3, 0.4) is 0 Å². The number of aliphatic hydroxyl groups excluding tert-OH is 6. The first-order valence-corrected chi connectivity index (χ1v) is 12.5. The second kappa shape index (κ2) is 9.56. The van der Waals surface area contributed by atoms with Crippen molar-refractivity contribution in [1.29, 1.82) is 0 Å². The lowest BCUT2D eigenvalue weighted by molar-refractivity contribution is -0.315. The molecule has 1 saturated heterocycles. The lowest BCUT2D eigenvalue weighted by Gasteiger charge is -2.46. The van der Waals surface area contributed by atoms with Gasteiger partial charge in [-0.3, -0.25) is 0 Å². The van der Waals surface area contributed by atoms with Gasteiger partial charge in [-0.2, -0.15) is 0 Å². The molecule has 8 heteroatoms. The summed E-state index contributed by atoms with van der Waals surface area (Å²) in [6.07, 6.45) is -5.59. The molecular formula is C26H42O8. The van der Waals surface area contributed by atoms with Crippen molar-refractivity contribution in [3.63, 3.8) is 0 Å². The molecule has 34 heavy (non-hydrogen) atoms. The molecule has 0 unspecified atom stereocenters. The summed E-state index contributed by atoms with van der Waals surface area (Å²) in [5, 5.41) is 63.8. The van der Waals surface area contributed by atoms with Crippen LogP contribution < -0.4 is 0 Å². The van der Waals surface area contributed by atoms with Gasteiger partial charge in [0.25, 0.3) is 0 Å². The molecule has 0 aromatic heterocycles. The molecule has 0 bridgehead atoms. The second-order valence-corrected chi connectivity index (χ2v) is 11.2. The Hall–Kier alpha value is -0.840. The molecule has 2 fully saturated rings. The van der Waals surface area contributed by atoms with Crippen LogP contribution in [0.25, 0.3) is 0 Å². The fourth-order valence-corrected chi connectivity index (χ4v) is 6.63. The van der Waals surface area contributed by atoms with Gasteiger partial charge >= 0.3 is 0 Å². The number of aliphatic hydroxyl groups is 6. The van der Waals surface area contributed by atoms with E-state index in [0.717, 1.165) is 18.4 Å². The molecule has 0 amide bonds. The maximum atomic E-state index is 11.7. The Balaban J connectivity index is 1.83. The van der Waals surface area contributed by atoms with Gasteiger partial charge in [-0.25, -0.2) is 0 Å². The van der Waals surface area contributed by atoms with Crippen molar-refractivity contribution in [2.45, 2.75) is 103 Å². The van der Waals surface area contributed by atoms with Crippen LogP contribution in [0.1, 0.15) is 55.2 Å². The number of allylic oxidation sites excluding steroid dienone is 1. The van der Waals surface area contributed by atoms with Gasteiger partial charge in [0.1, 0.15) is 30.5 Å². The van der Waals surface area contributed by atoms with Crippen LogP contribution in [-0.4, -0.2) is 86.3 Å². The highest BCUT2D eigenvalue weighted by Gasteiger charge is 2.54. The second-order valence-electron chi connectivity index (χ2n) is 11.2. The summed E-state index contributed by atoms with van der Waals surface area (Å²) in [6.45, 7) is 7.54. The summed E-state index contributed by atoms with van der Waals surface area (Å²) in [6, 6.07) is 0. The number of fused-ring (bicyclic) bond motifs is 2. The first-order valence-electron chi connectivity index (χ1n) is 13.2. The molecule has 0 aromatic rings. The summed E-state index contributed by atoms with van der Waals surface area (Å²) in [5.74, 6) is 0.0764. The number of ether oxygens (including phenoxy) is 2. The Labute approximate surface area is 203 Å². The molecule has 1 heterocycles. The largest absolute Gasteiger partial charge is 0.394 e. The smallest absolute Gasteiger partial charge is 0.187 e. The minimum absolute atomic E-state index is 0.107. The summed E-state index contributed by atoms with van der Waals surface area (Å²) < 4.78 is 19.9. The first kappa shape index (κ1) is 24.8. The molecule has 4 rings (SSSR count). The van der Waals surface area contributed by atoms with Crippen molar-refractivity contribution in [3.8, 4) is 0 Å². The lowest BCUT2D eigenvalue weighted by atomic mass is 9.68. The summed E-state index contributed by atoms with van der Waals surface area (Å²) in [4.78, 5) is 0. The van der Waals surface area contributed by atoms with Crippen LogP contribution in [-0.2, 0) is 9.47 Å². The van der Waals surface area contributed by atoms with E-state index < -0.39 is 61.0 Å². The Morgan fingerprint density at radius 2 is 1.82 bits per heavy atom. The van der Waals surface area contributed by atoms with Crippen LogP contribution in [0.4, 0.5) is 0 Å². The molecule has 1 saturated carbocycles. The quantitative estimate of drug-likeness (QED) is 0.324. The van der Waals surface area contributed by atoms with Crippen LogP contribution in [0.5, 0.6) is 0 Å².